The third kappa shape index (κ3) is 5.32. The van der Waals surface area contributed by atoms with Crippen molar-refractivity contribution in [2.75, 3.05) is 20.2 Å². The van der Waals surface area contributed by atoms with Crippen LogP contribution in [-0.2, 0) is 21.5 Å². The predicted octanol–water partition coefficient (Wildman–Crippen LogP) is 3.09. The van der Waals surface area contributed by atoms with Gasteiger partial charge in [-0.15, -0.1) is 0 Å². The van der Waals surface area contributed by atoms with Crippen molar-refractivity contribution in [3.05, 3.63) is 35.4 Å². The molecule has 1 unspecified atom stereocenters. The fraction of sp³-hybridized carbons (Fsp3) is 0.650. The maximum absolute atomic E-state index is 11.4. The number of benzene rings is 1. The van der Waals surface area contributed by atoms with Crippen molar-refractivity contribution in [3.63, 3.8) is 0 Å². The van der Waals surface area contributed by atoms with Gasteiger partial charge in [-0.3, -0.25) is 9.69 Å². The average Bonchev–Trinajstić information content (AvgIpc) is 2.55. The standard InChI is InChI=1S/C20H32N2O2/c1-20(2,3)17-7-5-16(6-8-17)14-22-11-9-15(10-12-22)13-18(21)19(23)24-4/h5-8,15,18H,9-14,21H2,1-4H3. The Morgan fingerprint density at radius 2 is 1.83 bits per heavy atom. The minimum Gasteiger partial charge on any atom is -0.468 e. The largest absolute Gasteiger partial charge is 0.468 e. The van der Waals surface area contributed by atoms with Crippen LogP contribution in [0.4, 0.5) is 0 Å². The number of rotatable bonds is 5. The molecular formula is C20H32N2O2. The van der Waals surface area contributed by atoms with E-state index in [0.717, 1.165) is 38.9 Å². The molecule has 1 aromatic rings. The van der Waals surface area contributed by atoms with E-state index in [1.54, 1.807) is 0 Å². The average molecular weight is 332 g/mol. The predicted molar refractivity (Wildman–Crippen MR) is 97.8 cm³/mol. The highest BCUT2D eigenvalue weighted by atomic mass is 16.5. The van der Waals surface area contributed by atoms with Gasteiger partial charge in [0.15, 0.2) is 0 Å². The van der Waals surface area contributed by atoms with Crippen molar-refractivity contribution < 1.29 is 9.53 Å². The summed E-state index contributed by atoms with van der Waals surface area (Å²) in [5, 5.41) is 0. The molecule has 1 aliphatic heterocycles. The van der Waals surface area contributed by atoms with Crippen molar-refractivity contribution in [2.24, 2.45) is 11.7 Å². The summed E-state index contributed by atoms with van der Waals surface area (Å²) in [5.74, 6) is 0.231. The van der Waals surface area contributed by atoms with Crippen molar-refractivity contribution in [1.29, 1.82) is 0 Å². The Hall–Kier alpha value is -1.39. The molecule has 1 heterocycles. The zero-order valence-corrected chi connectivity index (χ0v) is 15.5. The lowest BCUT2D eigenvalue weighted by molar-refractivity contribution is -0.142. The van der Waals surface area contributed by atoms with Gasteiger partial charge in [-0.2, -0.15) is 0 Å². The quantitative estimate of drug-likeness (QED) is 0.842. The number of methoxy groups -OCH3 is 1. The monoisotopic (exact) mass is 332 g/mol. The highest BCUT2D eigenvalue weighted by Gasteiger charge is 2.24. The normalized spacial score (nSPS) is 18.4. The first-order valence-corrected chi connectivity index (χ1v) is 8.95. The zero-order chi connectivity index (χ0) is 17.7. The van der Waals surface area contributed by atoms with Gasteiger partial charge in [0, 0.05) is 6.54 Å². The number of piperidine rings is 1. The van der Waals surface area contributed by atoms with E-state index in [9.17, 15) is 4.79 Å². The first-order chi connectivity index (χ1) is 11.3. The lowest BCUT2D eigenvalue weighted by Crippen LogP contribution is -2.38. The van der Waals surface area contributed by atoms with Gasteiger partial charge in [-0.1, -0.05) is 45.0 Å². The number of esters is 1. The molecule has 0 saturated carbocycles. The van der Waals surface area contributed by atoms with Gasteiger partial charge in [-0.25, -0.2) is 0 Å². The summed E-state index contributed by atoms with van der Waals surface area (Å²) in [5.41, 5.74) is 8.83. The third-order valence-electron chi connectivity index (χ3n) is 5.02. The number of likely N-dealkylation sites (tertiary alicyclic amines) is 1. The molecule has 1 saturated heterocycles. The van der Waals surface area contributed by atoms with Crippen molar-refractivity contribution >= 4 is 5.97 Å². The van der Waals surface area contributed by atoms with E-state index in [-0.39, 0.29) is 11.4 Å². The maximum Gasteiger partial charge on any atom is 0.322 e. The van der Waals surface area contributed by atoms with Crippen LogP contribution in [0.25, 0.3) is 0 Å². The Morgan fingerprint density at radius 1 is 1.25 bits per heavy atom. The lowest BCUT2D eigenvalue weighted by atomic mass is 9.86. The second-order valence-corrected chi connectivity index (χ2v) is 8.03. The molecule has 2 N–H and O–H groups in total. The van der Waals surface area contributed by atoms with E-state index in [4.69, 9.17) is 10.5 Å². The summed E-state index contributed by atoms with van der Waals surface area (Å²) in [6.45, 7) is 9.86. The van der Waals surface area contributed by atoms with Gasteiger partial charge in [0.1, 0.15) is 6.04 Å². The molecule has 0 bridgehead atoms. The van der Waals surface area contributed by atoms with Crippen LogP contribution in [0.3, 0.4) is 0 Å². The van der Waals surface area contributed by atoms with Crippen LogP contribution >= 0.6 is 0 Å². The second kappa shape index (κ2) is 8.13. The van der Waals surface area contributed by atoms with E-state index in [1.165, 1.54) is 18.2 Å². The first kappa shape index (κ1) is 18.9. The van der Waals surface area contributed by atoms with E-state index >= 15 is 0 Å². The summed E-state index contributed by atoms with van der Waals surface area (Å²) in [7, 11) is 1.40. The molecule has 134 valence electrons. The Kier molecular flexibility index (Phi) is 6.41. The van der Waals surface area contributed by atoms with Gasteiger partial charge >= 0.3 is 5.97 Å². The minimum absolute atomic E-state index is 0.204. The van der Waals surface area contributed by atoms with Gasteiger partial charge in [0.2, 0.25) is 0 Å². The summed E-state index contributed by atoms with van der Waals surface area (Å²) in [4.78, 5) is 13.9. The number of ether oxygens (including phenoxy) is 1. The number of nitrogens with two attached hydrogens (primary N) is 1. The van der Waals surface area contributed by atoms with Crippen LogP contribution in [0.15, 0.2) is 24.3 Å². The molecule has 1 aromatic carbocycles. The van der Waals surface area contributed by atoms with Crippen LogP contribution in [0, 0.1) is 5.92 Å². The maximum atomic E-state index is 11.4. The van der Waals surface area contributed by atoms with Crippen LogP contribution in [0.5, 0.6) is 0 Å². The van der Waals surface area contributed by atoms with Crippen molar-refractivity contribution in [1.82, 2.24) is 4.90 Å². The number of hydrogen-bond donors (Lipinski definition) is 1. The molecule has 0 spiro atoms. The molecule has 1 fully saturated rings. The third-order valence-corrected chi connectivity index (χ3v) is 5.02. The molecular weight excluding hydrogens is 300 g/mol. The molecule has 4 heteroatoms. The van der Waals surface area contributed by atoms with Crippen molar-refractivity contribution in [2.45, 2.75) is 58.0 Å². The Bertz CT molecular complexity index is 526. The van der Waals surface area contributed by atoms with Crippen molar-refractivity contribution in [3.8, 4) is 0 Å². The van der Waals surface area contributed by atoms with Crippen LogP contribution < -0.4 is 5.73 Å². The Balaban J connectivity index is 1.80. The molecule has 0 radical (unpaired) electrons. The number of carbonyl (C=O) groups is 1. The van der Waals surface area contributed by atoms with Gasteiger partial charge in [0.05, 0.1) is 7.11 Å². The van der Waals surface area contributed by atoms with Gasteiger partial charge < -0.3 is 10.5 Å². The van der Waals surface area contributed by atoms with Gasteiger partial charge in [0.25, 0.3) is 0 Å². The number of nitrogens with zero attached hydrogens (tertiary/aromatic N) is 1. The molecule has 0 amide bonds. The minimum atomic E-state index is -0.475. The molecule has 1 aliphatic rings. The summed E-state index contributed by atoms with van der Waals surface area (Å²) in [6, 6.07) is 8.52. The van der Waals surface area contributed by atoms with E-state index in [2.05, 4.69) is 49.9 Å². The van der Waals surface area contributed by atoms with Gasteiger partial charge in [-0.05, 0) is 54.8 Å². The molecule has 0 aliphatic carbocycles. The number of carbonyl (C=O) groups excluding carboxylic acids is 1. The topological polar surface area (TPSA) is 55.6 Å². The first-order valence-electron chi connectivity index (χ1n) is 8.95. The Morgan fingerprint density at radius 3 is 2.33 bits per heavy atom. The molecule has 24 heavy (non-hydrogen) atoms. The zero-order valence-electron chi connectivity index (χ0n) is 15.5. The second-order valence-electron chi connectivity index (χ2n) is 8.03. The molecule has 0 aromatic heterocycles. The highest BCUT2D eigenvalue weighted by molar-refractivity contribution is 5.75. The Labute approximate surface area is 146 Å². The lowest BCUT2D eigenvalue weighted by Gasteiger charge is -2.32. The van der Waals surface area contributed by atoms with Crippen LogP contribution in [-0.4, -0.2) is 37.1 Å². The highest BCUT2D eigenvalue weighted by Crippen LogP contribution is 2.25. The van der Waals surface area contributed by atoms with E-state index < -0.39 is 6.04 Å². The van der Waals surface area contributed by atoms with E-state index in [0.29, 0.717) is 5.92 Å². The molecule has 4 nitrogen and oxygen atoms in total. The fourth-order valence-corrected chi connectivity index (χ4v) is 3.36. The number of hydrogen-bond acceptors (Lipinski definition) is 4. The molecule has 2 rings (SSSR count). The van der Waals surface area contributed by atoms with Crippen LogP contribution in [0.1, 0.15) is 51.2 Å². The summed E-state index contributed by atoms with van der Waals surface area (Å²) < 4.78 is 4.71. The van der Waals surface area contributed by atoms with E-state index in [1.807, 2.05) is 0 Å². The molecule has 1 atom stereocenters. The summed E-state index contributed by atoms with van der Waals surface area (Å²) >= 11 is 0. The van der Waals surface area contributed by atoms with Crippen LogP contribution in [0.2, 0.25) is 0 Å². The smallest absolute Gasteiger partial charge is 0.322 e. The summed E-state index contributed by atoms with van der Waals surface area (Å²) in [6.07, 6.45) is 2.94. The fourth-order valence-electron chi connectivity index (χ4n) is 3.36. The SMILES string of the molecule is COC(=O)C(N)CC1CCN(Cc2ccc(C(C)(C)C)cc2)CC1.